The second kappa shape index (κ2) is 8.08. The number of amides is 2. The van der Waals surface area contributed by atoms with E-state index in [1.807, 2.05) is 18.2 Å². The molecule has 0 radical (unpaired) electrons. The standard InChI is InChI=1S/C19H26N2O6S/c1-26-17(22)16(19(27-2)12-28(24,25)13-19)20-18(23)21-10-8-15(9-11-21)14-6-4-3-5-7-14/h3-7,15-16H,8-13H2,1-2H3,(H,20,23). The molecule has 1 atom stereocenters. The van der Waals surface area contributed by atoms with E-state index in [9.17, 15) is 18.0 Å². The van der Waals surface area contributed by atoms with E-state index in [4.69, 9.17) is 9.47 Å². The number of urea groups is 1. The average molecular weight is 410 g/mol. The molecular weight excluding hydrogens is 384 g/mol. The minimum absolute atomic E-state index is 0.327. The van der Waals surface area contributed by atoms with Gasteiger partial charge in [-0.15, -0.1) is 0 Å². The van der Waals surface area contributed by atoms with Crippen molar-refractivity contribution in [2.45, 2.75) is 30.4 Å². The number of benzene rings is 1. The summed E-state index contributed by atoms with van der Waals surface area (Å²) in [6.45, 7) is 1.11. The molecule has 0 bridgehead atoms. The first-order chi connectivity index (χ1) is 13.3. The van der Waals surface area contributed by atoms with E-state index in [-0.39, 0.29) is 11.5 Å². The van der Waals surface area contributed by atoms with E-state index in [2.05, 4.69) is 17.4 Å². The maximum atomic E-state index is 12.7. The zero-order valence-electron chi connectivity index (χ0n) is 16.1. The lowest BCUT2D eigenvalue weighted by molar-refractivity contribution is -0.150. The van der Waals surface area contributed by atoms with Gasteiger partial charge >= 0.3 is 12.0 Å². The lowest BCUT2D eigenvalue weighted by Gasteiger charge is -2.44. The highest BCUT2D eigenvalue weighted by Gasteiger charge is 2.58. The predicted molar refractivity (Wildman–Crippen MR) is 103 cm³/mol. The van der Waals surface area contributed by atoms with Crippen molar-refractivity contribution in [3.63, 3.8) is 0 Å². The Kier molecular flexibility index (Phi) is 5.95. The van der Waals surface area contributed by atoms with Crippen molar-refractivity contribution in [1.29, 1.82) is 0 Å². The minimum atomic E-state index is -3.28. The third-order valence-corrected chi connectivity index (χ3v) is 7.48. The lowest BCUT2D eigenvalue weighted by Crippen LogP contribution is -2.71. The van der Waals surface area contributed by atoms with Gasteiger partial charge in [-0.05, 0) is 24.3 Å². The summed E-state index contributed by atoms with van der Waals surface area (Å²) in [7, 11) is -0.751. The van der Waals surface area contributed by atoms with Crippen molar-refractivity contribution in [2.24, 2.45) is 0 Å². The largest absolute Gasteiger partial charge is 0.467 e. The molecule has 2 fully saturated rings. The first kappa shape index (κ1) is 20.6. The zero-order chi connectivity index (χ0) is 20.4. The number of hydrogen-bond acceptors (Lipinski definition) is 6. The van der Waals surface area contributed by atoms with Crippen LogP contribution in [0.1, 0.15) is 24.3 Å². The molecule has 0 spiro atoms. The van der Waals surface area contributed by atoms with Crippen molar-refractivity contribution >= 4 is 21.8 Å². The van der Waals surface area contributed by atoms with Crippen molar-refractivity contribution in [2.75, 3.05) is 38.8 Å². The highest BCUT2D eigenvalue weighted by molar-refractivity contribution is 7.93. The molecule has 2 aliphatic heterocycles. The van der Waals surface area contributed by atoms with E-state index in [0.29, 0.717) is 19.0 Å². The molecule has 1 unspecified atom stereocenters. The Balaban J connectivity index is 1.64. The summed E-state index contributed by atoms with van der Waals surface area (Å²) in [5, 5.41) is 2.65. The predicted octanol–water partition coefficient (Wildman–Crippen LogP) is 0.931. The topological polar surface area (TPSA) is 102 Å². The quantitative estimate of drug-likeness (QED) is 0.725. The molecule has 2 aliphatic rings. The lowest BCUT2D eigenvalue weighted by atomic mass is 9.89. The Morgan fingerprint density at radius 3 is 2.25 bits per heavy atom. The smallest absolute Gasteiger partial charge is 0.331 e. The van der Waals surface area contributed by atoms with Crippen LogP contribution in [-0.2, 0) is 24.1 Å². The molecule has 0 aromatic heterocycles. The maximum Gasteiger partial charge on any atom is 0.331 e. The van der Waals surface area contributed by atoms with Crippen LogP contribution < -0.4 is 5.32 Å². The molecule has 0 saturated carbocycles. The number of carbonyl (C=O) groups is 2. The number of nitrogens with one attached hydrogen (secondary N) is 1. The monoisotopic (exact) mass is 410 g/mol. The molecule has 2 saturated heterocycles. The summed E-state index contributed by atoms with van der Waals surface area (Å²) in [4.78, 5) is 26.6. The van der Waals surface area contributed by atoms with Crippen molar-refractivity contribution in [1.82, 2.24) is 10.2 Å². The summed E-state index contributed by atoms with van der Waals surface area (Å²) in [5.74, 6) is -0.979. The van der Waals surface area contributed by atoms with E-state index < -0.39 is 33.5 Å². The van der Waals surface area contributed by atoms with Crippen LogP contribution in [0.3, 0.4) is 0 Å². The molecule has 2 amide bonds. The SMILES string of the molecule is COC(=O)C(NC(=O)N1CCC(c2ccccc2)CC1)C1(OC)CS(=O)(=O)C1. The van der Waals surface area contributed by atoms with Gasteiger partial charge in [0, 0.05) is 20.2 Å². The number of hydrogen-bond donors (Lipinski definition) is 1. The number of piperidine rings is 1. The highest BCUT2D eigenvalue weighted by Crippen LogP contribution is 2.32. The third-order valence-electron chi connectivity index (χ3n) is 5.62. The van der Waals surface area contributed by atoms with Gasteiger partial charge in [0.1, 0.15) is 5.60 Å². The van der Waals surface area contributed by atoms with Gasteiger partial charge in [-0.25, -0.2) is 18.0 Å². The first-order valence-corrected chi connectivity index (χ1v) is 11.1. The Hall–Kier alpha value is -2.13. The Bertz CT molecular complexity index is 806. The Labute approximate surface area is 165 Å². The first-order valence-electron chi connectivity index (χ1n) is 9.24. The molecule has 154 valence electrons. The molecule has 1 aromatic carbocycles. The fraction of sp³-hybridized carbons (Fsp3) is 0.579. The minimum Gasteiger partial charge on any atom is -0.467 e. The van der Waals surface area contributed by atoms with Crippen molar-refractivity contribution < 1.29 is 27.5 Å². The number of likely N-dealkylation sites (tertiary alicyclic amines) is 1. The number of rotatable bonds is 5. The van der Waals surface area contributed by atoms with Crippen LogP contribution in [0.5, 0.6) is 0 Å². The number of methoxy groups -OCH3 is 2. The summed E-state index contributed by atoms with van der Waals surface area (Å²) < 4.78 is 33.5. The van der Waals surface area contributed by atoms with Crippen LogP contribution in [0.4, 0.5) is 4.79 Å². The summed E-state index contributed by atoms with van der Waals surface area (Å²) >= 11 is 0. The Morgan fingerprint density at radius 2 is 1.75 bits per heavy atom. The van der Waals surface area contributed by atoms with Gasteiger partial charge < -0.3 is 19.7 Å². The van der Waals surface area contributed by atoms with Crippen LogP contribution in [0.15, 0.2) is 30.3 Å². The van der Waals surface area contributed by atoms with Crippen molar-refractivity contribution in [3.8, 4) is 0 Å². The van der Waals surface area contributed by atoms with Crippen LogP contribution in [0.2, 0.25) is 0 Å². The van der Waals surface area contributed by atoms with Gasteiger partial charge in [0.05, 0.1) is 18.6 Å². The van der Waals surface area contributed by atoms with E-state index in [1.165, 1.54) is 19.8 Å². The molecule has 2 heterocycles. The fourth-order valence-corrected chi connectivity index (χ4v) is 5.96. The zero-order valence-corrected chi connectivity index (χ0v) is 16.9. The van der Waals surface area contributed by atoms with Gasteiger partial charge in [0.25, 0.3) is 0 Å². The van der Waals surface area contributed by atoms with Crippen LogP contribution in [-0.4, -0.2) is 75.8 Å². The fourth-order valence-electron chi connectivity index (χ4n) is 3.98. The number of carbonyl (C=O) groups excluding carboxylic acids is 2. The number of ether oxygens (including phenoxy) is 2. The van der Waals surface area contributed by atoms with Crippen LogP contribution in [0, 0.1) is 0 Å². The van der Waals surface area contributed by atoms with Gasteiger partial charge in [-0.2, -0.15) is 0 Å². The van der Waals surface area contributed by atoms with Gasteiger partial charge in [0.2, 0.25) is 0 Å². The van der Waals surface area contributed by atoms with E-state index in [1.54, 1.807) is 4.90 Å². The summed E-state index contributed by atoms with van der Waals surface area (Å²) in [6, 6.07) is 8.58. The number of nitrogens with zero attached hydrogens (tertiary/aromatic N) is 1. The summed E-state index contributed by atoms with van der Waals surface area (Å²) in [6.07, 6.45) is 1.65. The van der Waals surface area contributed by atoms with E-state index in [0.717, 1.165) is 12.8 Å². The van der Waals surface area contributed by atoms with Gasteiger partial charge in [-0.3, -0.25) is 0 Å². The van der Waals surface area contributed by atoms with Crippen molar-refractivity contribution in [3.05, 3.63) is 35.9 Å². The molecule has 28 heavy (non-hydrogen) atoms. The summed E-state index contributed by atoms with van der Waals surface area (Å²) in [5.41, 5.74) is -0.0303. The number of sulfone groups is 1. The molecule has 1 aromatic rings. The number of esters is 1. The molecule has 3 rings (SSSR count). The van der Waals surface area contributed by atoms with E-state index >= 15 is 0 Å². The van der Waals surface area contributed by atoms with Gasteiger partial charge in [-0.1, -0.05) is 30.3 Å². The second-order valence-corrected chi connectivity index (χ2v) is 9.44. The maximum absolute atomic E-state index is 12.7. The average Bonchev–Trinajstić information content (AvgIpc) is 2.70. The van der Waals surface area contributed by atoms with Crippen LogP contribution in [0.25, 0.3) is 0 Å². The second-order valence-electron chi connectivity index (χ2n) is 7.38. The molecule has 0 aliphatic carbocycles. The van der Waals surface area contributed by atoms with Crippen LogP contribution >= 0.6 is 0 Å². The van der Waals surface area contributed by atoms with Gasteiger partial charge in [0.15, 0.2) is 15.9 Å². The molecule has 8 nitrogen and oxygen atoms in total. The molecule has 9 heteroatoms. The third kappa shape index (κ3) is 4.15. The molecular formula is C19H26N2O6S. The normalized spacial score (nSPS) is 22.0. The Morgan fingerprint density at radius 1 is 1.14 bits per heavy atom. The molecule has 1 N–H and O–H groups in total. The highest BCUT2D eigenvalue weighted by atomic mass is 32.2.